The Labute approximate surface area is 147 Å². The van der Waals surface area contributed by atoms with Crippen LogP contribution in [-0.2, 0) is 6.18 Å². The molecule has 5 heteroatoms. The van der Waals surface area contributed by atoms with E-state index >= 15 is 0 Å². The molecule has 0 saturated heterocycles. The normalized spacial score (nSPS) is 12.7. The minimum Gasteiger partial charge on any atom is -0.484 e. The zero-order valence-corrected chi connectivity index (χ0v) is 14.7. The Morgan fingerprint density at radius 2 is 1.83 bits per heavy atom. The zero-order chi connectivity index (χ0) is 17.0. The van der Waals surface area contributed by atoms with Crippen LogP contribution in [0.15, 0.2) is 60.7 Å². The van der Waals surface area contributed by atoms with Gasteiger partial charge in [-0.05, 0) is 53.3 Å². The standard InChI is InChI=1S/C18H16F3IO/c1-12(2)10-16(13-6-4-3-5-7-13)23-17-11-14(18(19,20)21)8-9-15(17)22/h3-9,11,16H,1,10H2,2H3. The van der Waals surface area contributed by atoms with Crippen molar-refractivity contribution in [3.8, 4) is 5.75 Å². The molecule has 2 aromatic carbocycles. The fraction of sp³-hybridized carbons (Fsp3) is 0.222. The van der Waals surface area contributed by atoms with E-state index in [1.165, 1.54) is 6.07 Å². The topological polar surface area (TPSA) is 9.23 Å². The Morgan fingerprint density at radius 1 is 1.17 bits per heavy atom. The van der Waals surface area contributed by atoms with Gasteiger partial charge in [0.25, 0.3) is 0 Å². The molecular formula is C18H16F3IO. The van der Waals surface area contributed by atoms with Crippen molar-refractivity contribution in [2.75, 3.05) is 0 Å². The number of alkyl halides is 3. The molecule has 0 aromatic heterocycles. The number of ether oxygens (including phenoxy) is 1. The minimum absolute atomic E-state index is 0.232. The third-order valence-electron chi connectivity index (χ3n) is 3.23. The van der Waals surface area contributed by atoms with Gasteiger partial charge in [-0.3, -0.25) is 0 Å². The van der Waals surface area contributed by atoms with Gasteiger partial charge >= 0.3 is 6.18 Å². The lowest BCUT2D eigenvalue weighted by Gasteiger charge is -2.21. The van der Waals surface area contributed by atoms with Crippen molar-refractivity contribution in [1.29, 1.82) is 0 Å². The fourth-order valence-corrected chi connectivity index (χ4v) is 2.60. The highest BCUT2D eigenvalue weighted by atomic mass is 127. The van der Waals surface area contributed by atoms with E-state index < -0.39 is 11.7 Å². The summed E-state index contributed by atoms with van der Waals surface area (Å²) in [6.45, 7) is 5.75. The maximum atomic E-state index is 12.9. The van der Waals surface area contributed by atoms with Gasteiger partial charge in [0.2, 0.25) is 0 Å². The maximum Gasteiger partial charge on any atom is 0.416 e. The molecule has 0 amide bonds. The summed E-state index contributed by atoms with van der Waals surface area (Å²) in [5, 5.41) is 0. The third-order valence-corrected chi connectivity index (χ3v) is 4.12. The molecule has 2 rings (SSSR count). The van der Waals surface area contributed by atoms with Gasteiger partial charge in [-0.1, -0.05) is 42.5 Å². The third kappa shape index (κ3) is 4.99. The largest absolute Gasteiger partial charge is 0.484 e. The molecule has 0 aliphatic carbocycles. The SMILES string of the molecule is C=C(C)CC(Oc1cc(C(F)(F)F)ccc1I)c1ccccc1. The zero-order valence-electron chi connectivity index (χ0n) is 12.5. The van der Waals surface area contributed by atoms with Gasteiger partial charge in [0.05, 0.1) is 9.13 Å². The smallest absolute Gasteiger partial charge is 0.416 e. The highest BCUT2D eigenvalue weighted by Gasteiger charge is 2.31. The Kier molecular flexibility index (Phi) is 5.73. The molecule has 0 bridgehead atoms. The van der Waals surface area contributed by atoms with Crippen LogP contribution < -0.4 is 4.74 Å². The Hall–Kier alpha value is -1.50. The van der Waals surface area contributed by atoms with Crippen LogP contribution in [0.4, 0.5) is 13.2 Å². The summed E-state index contributed by atoms with van der Waals surface area (Å²) in [5.74, 6) is 0.232. The van der Waals surface area contributed by atoms with Gasteiger partial charge in [0, 0.05) is 6.42 Å². The second-order valence-corrected chi connectivity index (χ2v) is 6.48. The predicted octanol–water partition coefficient (Wildman–Crippen LogP) is 6.40. The second kappa shape index (κ2) is 7.38. The summed E-state index contributed by atoms with van der Waals surface area (Å²) < 4.78 is 45.2. The summed E-state index contributed by atoms with van der Waals surface area (Å²) in [7, 11) is 0. The molecule has 0 aliphatic heterocycles. The molecule has 1 unspecified atom stereocenters. The molecule has 0 fully saturated rings. The van der Waals surface area contributed by atoms with Gasteiger partial charge in [0.1, 0.15) is 11.9 Å². The number of hydrogen-bond acceptors (Lipinski definition) is 1. The second-order valence-electron chi connectivity index (χ2n) is 5.32. The molecule has 0 spiro atoms. The highest BCUT2D eigenvalue weighted by molar-refractivity contribution is 14.1. The van der Waals surface area contributed by atoms with Crippen LogP contribution in [0.3, 0.4) is 0 Å². The number of benzene rings is 2. The minimum atomic E-state index is -4.39. The summed E-state index contributed by atoms with van der Waals surface area (Å²) >= 11 is 1.98. The first kappa shape index (κ1) is 17.8. The van der Waals surface area contributed by atoms with E-state index in [0.717, 1.165) is 23.3 Å². The van der Waals surface area contributed by atoms with E-state index in [1.54, 1.807) is 0 Å². The summed E-state index contributed by atoms with van der Waals surface area (Å²) in [6, 6.07) is 13.0. The quantitative estimate of drug-likeness (QED) is 0.393. The Bertz CT molecular complexity index is 680. The van der Waals surface area contributed by atoms with Crippen LogP contribution in [0.5, 0.6) is 5.75 Å². The number of halogens is 4. The highest BCUT2D eigenvalue weighted by Crippen LogP contribution is 2.36. The average Bonchev–Trinajstić information content (AvgIpc) is 2.48. The molecular weight excluding hydrogens is 416 g/mol. The molecule has 0 aliphatic rings. The van der Waals surface area contributed by atoms with E-state index in [9.17, 15) is 13.2 Å². The van der Waals surface area contributed by atoms with Crippen molar-refractivity contribution in [1.82, 2.24) is 0 Å². The maximum absolute atomic E-state index is 12.9. The summed E-state index contributed by atoms with van der Waals surface area (Å²) in [6.07, 6.45) is -4.22. The van der Waals surface area contributed by atoms with E-state index in [1.807, 2.05) is 59.8 Å². The molecule has 2 aromatic rings. The van der Waals surface area contributed by atoms with Crippen LogP contribution in [0.1, 0.15) is 30.6 Å². The van der Waals surface area contributed by atoms with Crippen molar-refractivity contribution in [3.05, 3.63) is 75.4 Å². The van der Waals surface area contributed by atoms with E-state index in [2.05, 4.69) is 6.58 Å². The van der Waals surface area contributed by atoms with Crippen LogP contribution in [0.2, 0.25) is 0 Å². The molecule has 122 valence electrons. The van der Waals surface area contributed by atoms with Gasteiger partial charge in [-0.15, -0.1) is 0 Å². The van der Waals surface area contributed by atoms with Crippen molar-refractivity contribution < 1.29 is 17.9 Å². The molecule has 0 saturated carbocycles. The fourth-order valence-electron chi connectivity index (χ4n) is 2.14. The monoisotopic (exact) mass is 432 g/mol. The lowest BCUT2D eigenvalue weighted by Crippen LogP contribution is -2.11. The van der Waals surface area contributed by atoms with Crippen molar-refractivity contribution >= 4 is 22.6 Å². The van der Waals surface area contributed by atoms with E-state index in [4.69, 9.17) is 4.74 Å². The first-order chi connectivity index (χ1) is 10.8. The average molecular weight is 432 g/mol. The van der Waals surface area contributed by atoms with Crippen molar-refractivity contribution in [2.45, 2.75) is 25.6 Å². The van der Waals surface area contributed by atoms with Crippen molar-refractivity contribution in [3.63, 3.8) is 0 Å². The molecule has 1 nitrogen and oxygen atoms in total. The Balaban J connectivity index is 2.34. The van der Waals surface area contributed by atoms with Gasteiger partial charge in [0.15, 0.2) is 0 Å². The Morgan fingerprint density at radius 3 is 2.39 bits per heavy atom. The van der Waals surface area contributed by atoms with Crippen LogP contribution in [-0.4, -0.2) is 0 Å². The lowest BCUT2D eigenvalue weighted by atomic mass is 10.0. The molecule has 1 atom stereocenters. The van der Waals surface area contributed by atoms with Crippen LogP contribution >= 0.6 is 22.6 Å². The molecule has 23 heavy (non-hydrogen) atoms. The first-order valence-corrected chi connectivity index (χ1v) is 8.08. The lowest BCUT2D eigenvalue weighted by molar-refractivity contribution is -0.137. The molecule has 0 heterocycles. The summed E-state index contributed by atoms with van der Waals surface area (Å²) in [5.41, 5.74) is 1.10. The van der Waals surface area contributed by atoms with Crippen LogP contribution in [0, 0.1) is 3.57 Å². The molecule has 0 radical (unpaired) electrons. The van der Waals surface area contributed by atoms with E-state index in [0.29, 0.717) is 9.99 Å². The van der Waals surface area contributed by atoms with E-state index in [-0.39, 0.29) is 11.9 Å². The van der Waals surface area contributed by atoms with Gasteiger partial charge in [-0.2, -0.15) is 13.2 Å². The van der Waals surface area contributed by atoms with Crippen LogP contribution in [0.25, 0.3) is 0 Å². The van der Waals surface area contributed by atoms with Gasteiger partial charge in [-0.25, -0.2) is 0 Å². The molecule has 0 N–H and O–H groups in total. The van der Waals surface area contributed by atoms with Gasteiger partial charge < -0.3 is 4.74 Å². The van der Waals surface area contributed by atoms with Crippen molar-refractivity contribution in [2.24, 2.45) is 0 Å². The number of rotatable bonds is 5. The first-order valence-electron chi connectivity index (χ1n) is 7.00. The predicted molar refractivity (Wildman–Crippen MR) is 93.4 cm³/mol. The summed E-state index contributed by atoms with van der Waals surface area (Å²) in [4.78, 5) is 0. The number of hydrogen-bond donors (Lipinski definition) is 0.